The van der Waals surface area contributed by atoms with Crippen LogP contribution in [0, 0.1) is 0 Å². The highest BCUT2D eigenvalue weighted by molar-refractivity contribution is 5.94. The zero-order valence-electron chi connectivity index (χ0n) is 15.1. The van der Waals surface area contributed by atoms with Crippen molar-refractivity contribution < 1.29 is 14.3 Å². The van der Waals surface area contributed by atoms with Crippen LogP contribution in [0.2, 0.25) is 0 Å². The molecule has 3 rings (SSSR count). The molecule has 0 radical (unpaired) electrons. The molecule has 0 aliphatic rings. The second-order valence-electron chi connectivity index (χ2n) is 5.78. The van der Waals surface area contributed by atoms with Crippen molar-refractivity contribution in [2.45, 2.75) is 20.0 Å². The summed E-state index contributed by atoms with van der Waals surface area (Å²) >= 11 is 0. The van der Waals surface area contributed by atoms with E-state index >= 15 is 0 Å². The number of imidazole rings is 1. The fourth-order valence-corrected chi connectivity index (χ4v) is 2.81. The van der Waals surface area contributed by atoms with Crippen molar-refractivity contribution in [3.8, 4) is 5.75 Å². The zero-order chi connectivity index (χ0) is 18.4. The van der Waals surface area contributed by atoms with Crippen molar-refractivity contribution in [3.63, 3.8) is 0 Å². The molecule has 26 heavy (non-hydrogen) atoms. The summed E-state index contributed by atoms with van der Waals surface area (Å²) in [5.41, 5.74) is 2.54. The molecule has 0 saturated carbocycles. The van der Waals surface area contributed by atoms with Gasteiger partial charge in [0.1, 0.15) is 11.6 Å². The van der Waals surface area contributed by atoms with E-state index in [0.29, 0.717) is 31.9 Å². The number of fused-ring (bicyclic) bond motifs is 1. The molecule has 3 aromatic rings. The molecule has 136 valence electrons. The van der Waals surface area contributed by atoms with Gasteiger partial charge in [-0.05, 0) is 43.3 Å². The van der Waals surface area contributed by atoms with Crippen molar-refractivity contribution in [3.05, 3.63) is 59.9 Å². The highest BCUT2D eigenvalue weighted by atomic mass is 16.5. The first-order chi connectivity index (χ1) is 12.7. The summed E-state index contributed by atoms with van der Waals surface area (Å²) in [6, 6.07) is 15.0. The Morgan fingerprint density at radius 3 is 2.65 bits per heavy atom. The second kappa shape index (κ2) is 8.49. The van der Waals surface area contributed by atoms with Gasteiger partial charge in [-0.1, -0.05) is 12.1 Å². The molecule has 1 N–H and O–H groups in total. The van der Waals surface area contributed by atoms with Gasteiger partial charge in [0.05, 0.1) is 31.3 Å². The number of carbonyl (C=O) groups excluding carboxylic acids is 1. The van der Waals surface area contributed by atoms with E-state index in [0.717, 1.165) is 22.6 Å². The monoisotopic (exact) mass is 353 g/mol. The highest BCUT2D eigenvalue weighted by Gasteiger charge is 2.12. The Morgan fingerprint density at radius 1 is 1.15 bits per heavy atom. The maximum absolute atomic E-state index is 12.4. The fraction of sp³-hybridized carbons (Fsp3) is 0.300. The number of amides is 1. The number of nitrogens with one attached hydrogen (secondary N) is 1. The SMILES string of the molecule is CCOCCn1c(CNC(=O)c2ccc(OC)cc2)nc2ccccc21. The van der Waals surface area contributed by atoms with Gasteiger partial charge in [-0.3, -0.25) is 4.79 Å². The predicted molar refractivity (Wildman–Crippen MR) is 100 cm³/mol. The van der Waals surface area contributed by atoms with Gasteiger partial charge in [0.15, 0.2) is 0 Å². The molecular weight excluding hydrogens is 330 g/mol. The Labute approximate surface area is 152 Å². The van der Waals surface area contributed by atoms with Crippen molar-refractivity contribution in [2.75, 3.05) is 20.3 Å². The summed E-state index contributed by atoms with van der Waals surface area (Å²) in [6.45, 7) is 4.31. The third-order valence-electron chi connectivity index (χ3n) is 4.16. The van der Waals surface area contributed by atoms with Crippen LogP contribution >= 0.6 is 0 Å². The van der Waals surface area contributed by atoms with Gasteiger partial charge in [-0.2, -0.15) is 0 Å². The van der Waals surface area contributed by atoms with Crippen LogP contribution in [0.1, 0.15) is 23.1 Å². The molecular formula is C20H23N3O3. The molecule has 1 heterocycles. The topological polar surface area (TPSA) is 65.4 Å². The van der Waals surface area contributed by atoms with Crippen molar-refractivity contribution in [2.24, 2.45) is 0 Å². The largest absolute Gasteiger partial charge is 0.497 e. The zero-order valence-corrected chi connectivity index (χ0v) is 15.1. The first-order valence-corrected chi connectivity index (χ1v) is 8.67. The fourth-order valence-electron chi connectivity index (χ4n) is 2.81. The van der Waals surface area contributed by atoms with Crippen LogP contribution in [-0.2, 0) is 17.8 Å². The lowest BCUT2D eigenvalue weighted by molar-refractivity contribution is 0.0949. The van der Waals surface area contributed by atoms with Gasteiger partial charge < -0.3 is 19.4 Å². The van der Waals surface area contributed by atoms with Crippen molar-refractivity contribution >= 4 is 16.9 Å². The summed E-state index contributed by atoms with van der Waals surface area (Å²) in [4.78, 5) is 17.0. The number of aromatic nitrogens is 2. The molecule has 0 fully saturated rings. The predicted octanol–water partition coefficient (Wildman–Crippen LogP) is 3.01. The van der Waals surface area contributed by atoms with Crippen LogP contribution in [0.3, 0.4) is 0 Å². The number of benzene rings is 2. The van der Waals surface area contributed by atoms with E-state index in [4.69, 9.17) is 9.47 Å². The van der Waals surface area contributed by atoms with Crippen LogP contribution in [-0.4, -0.2) is 35.8 Å². The van der Waals surface area contributed by atoms with Gasteiger partial charge in [0.2, 0.25) is 0 Å². The van der Waals surface area contributed by atoms with E-state index in [-0.39, 0.29) is 5.91 Å². The quantitative estimate of drug-likeness (QED) is 0.632. The van der Waals surface area contributed by atoms with Crippen molar-refractivity contribution in [1.29, 1.82) is 0 Å². The molecule has 0 aliphatic heterocycles. The first kappa shape index (κ1) is 17.9. The Balaban J connectivity index is 1.74. The molecule has 0 saturated heterocycles. The number of hydrogen-bond acceptors (Lipinski definition) is 4. The number of ether oxygens (including phenoxy) is 2. The minimum atomic E-state index is -0.143. The van der Waals surface area contributed by atoms with Crippen molar-refractivity contribution in [1.82, 2.24) is 14.9 Å². The summed E-state index contributed by atoms with van der Waals surface area (Å²) in [6.07, 6.45) is 0. The van der Waals surface area contributed by atoms with Crippen LogP contribution in [0.5, 0.6) is 5.75 Å². The summed E-state index contributed by atoms with van der Waals surface area (Å²) < 4.78 is 12.7. The molecule has 6 nitrogen and oxygen atoms in total. The number of methoxy groups -OCH3 is 1. The molecule has 1 amide bonds. The summed E-state index contributed by atoms with van der Waals surface area (Å²) in [5, 5.41) is 2.94. The average molecular weight is 353 g/mol. The van der Waals surface area contributed by atoms with Gasteiger partial charge in [-0.15, -0.1) is 0 Å². The molecule has 1 aromatic heterocycles. The van der Waals surface area contributed by atoms with Crippen LogP contribution in [0.15, 0.2) is 48.5 Å². The third-order valence-corrected chi connectivity index (χ3v) is 4.16. The Morgan fingerprint density at radius 2 is 1.92 bits per heavy atom. The Kier molecular flexibility index (Phi) is 5.86. The molecule has 0 aliphatic carbocycles. The molecule has 0 spiro atoms. The molecule has 0 unspecified atom stereocenters. The highest BCUT2D eigenvalue weighted by Crippen LogP contribution is 2.16. The van der Waals surface area contributed by atoms with Gasteiger partial charge >= 0.3 is 0 Å². The number of para-hydroxylation sites is 2. The number of hydrogen-bond donors (Lipinski definition) is 1. The second-order valence-corrected chi connectivity index (χ2v) is 5.78. The van der Waals surface area contributed by atoms with E-state index < -0.39 is 0 Å². The van der Waals surface area contributed by atoms with Gasteiger partial charge in [0.25, 0.3) is 5.91 Å². The minimum Gasteiger partial charge on any atom is -0.497 e. The lowest BCUT2D eigenvalue weighted by Crippen LogP contribution is -2.25. The Bertz CT molecular complexity index is 872. The molecule has 0 bridgehead atoms. The molecule has 0 atom stereocenters. The van der Waals surface area contributed by atoms with Gasteiger partial charge in [0, 0.05) is 18.7 Å². The van der Waals surface area contributed by atoms with E-state index in [2.05, 4.69) is 14.9 Å². The average Bonchev–Trinajstić information content (AvgIpc) is 3.04. The first-order valence-electron chi connectivity index (χ1n) is 8.67. The third kappa shape index (κ3) is 4.03. The smallest absolute Gasteiger partial charge is 0.251 e. The summed E-state index contributed by atoms with van der Waals surface area (Å²) in [5.74, 6) is 1.39. The maximum atomic E-state index is 12.4. The van der Waals surface area contributed by atoms with Crippen LogP contribution in [0.4, 0.5) is 0 Å². The van der Waals surface area contributed by atoms with E-state index in [9.17, 15) is 4.79 Å². The molecule has 6 heteroatoms. The minimum absolute atomic E-state index is 0.143. The number of carbonyl (C=O) groups is 1. The van der Waals surface area contributed by atoms with E-state index in [1.54, 1.807) is 31.4 Å². The molecule has 2 aromatic carbocycles. The lowest BCUT2D eigenvalue weighted by atomic mass is 10.2. The maximum Gasteiger partial charge on any atom is 0.251 e. The summed E-state index contributed by atoms with van der Waals surface area (Å²) in [7, 11) is 1.60. The van der Waals surface area contributed by atoms with Crippen LogP contribution < -0.4 is 10.1 Å². The van der Waals surface area contributed by atoms with E-state index in [1.165, 1.54) is 0 Å². The standard InChI is InChI=1S/C20H23N3O3/c1-3-26-13-12-23-18-7-5-4-6-17(18)22-19(23)14-21-20(24)15-8-10-16(25-2)11-9-15/h4-11H,3,12-14H2,1-2H3,(H,21,24). The normalized spacial score (nSPS) is 10.8. The van der Waals surface area contributed by atoms with Crippen LogP contribution in [0.25, 0.3) is 11.0 Å². The number of nitrogens with zero attached hydrogens (tertiary/aromatic N) is 2. The number of rotatable bonds is 8. The van der Waals surface area contributed by atoms with E-state index in [1.807, 2.05) is 31.2 Å². The lowest BCUT2D eigenvalue weighted by Gasteiger charge is -2.10. The Hall–Kier alpha value is -2.86. The van der Waals surface area contributed by atoms with Gasteiger partial charge in [-0.25, -0.2) is 4.98 Å².